The summed E-state index contributed by atoms with van der Waals surface area (Å²) in [4.78, 5) is 18.3. The van der Waals surface area contributed by atoms with Crippen molar-refractivity contribution in [1.82, 2.24) is 14.5 Å². The molecule has 0 aliphatic carbocycles. The van der Waals surface area contributed by atoms with E-state index in [0.717, 1.165) is 24.1 Å². The first-order valence-corrected chi connectivity index (χ1v) is 7.19. The summed E-state index contributed by atoms with van der Waals surface area (Å²) in [5.74, 6) is 0.570. The SMILES string of the molecule is CC(=O)Nc1nc2ccccc2n1CCN1CCCC1. The zero-order chi connectivity index (χ0) is 13.9. The molecule has 1 aromatic carbocycles. The standard InChI is InChI=1S/C15H20N4O/c1-12(20)16-15-17-13-6-2-3-7-14(13)19(15)11-10-18-8-4-5-9-18/h2-3,6-7H,4-5,8-11H2,1H3,(H,16,17,20). The summed E-state index contributed by atoms with van der Waals surface area (Å²) in [6.07, 6.45) is 2.59. The molecule has 0 atom stereocenters. The second-order valence-electron chi connectivity index (χ2n) is 5.31. The van der Waals surface area contributed by atoms with Crippen molar-refractivity contribution in [3.8, 4) is 0 Å². The molecule has 5 nitrogen and oxygen atoms in total. The largest absolute Gasteiger partial charge is 0.309 e. The van der Waals surface area contributed by atoms with Crippen LogP contribution < -0.4 is 5.32 Å². The van der Waals surface area contributed by atoms with Gasteiger partial charge >= 0.3 is 0 Å². The summed E-state index contributed by atoms with van der Waals surface area (Å²) in [5.41, 5.74) is 2.01. The molecule has 1 aliphatic rings. The first kappa shape index (κ1) is 13.1. The maximum Gasteiger partial charge on any atom is 0.223 e. The second-order valence-corrected chi connectivity index (χ2v) is 5.31. The van der Waals surface area contributed by atoms with Gasteiger partial charge in [-0.2, -0.15) is 0 Å². The highest BCUT2D eigenvalue weighted by atomic mass is 16.1. The maximum absolute atomic E-state index is 11.3. The monoisotopic (exact) mass is 272 g/mol. The van der Waals surface area contributed by atoms with E-state index in [1.54, 1.807) is 0 Å². The van der Waals surface area contributed by atoms with Crippen molar-refractivity contribution in [2.24, 2.45) is 0 Å². The number of fused-ring (bicyclic) bond motifs is 1. The van der Waals surface area contributed by atoms with E-state index in [2.05, 4.69) is 25.8 Å². The van der Waals surface area contributed by atoms with E-state index in [9.17, 15) is 4.79 Å². The van der Waals surface area contributed by atoms with Crippen molar-refractivity contribution in [2.75, 3.05) is 25.0 Å². The molecule has 1 aliphatic heterocycles. The highest BCUT2D eigenvalue weighted by Crippen LogP contribution is 2.20. The van der Waals surface area contributed by atoms with Crippen LogP contribution in [0.1, 0.15) is 19.8 Å². The minimum atomic E-state index is -0.0808. The highest BCUT2D eigenvalue weighted by molar-refractivity contribution is 5.89. The summed E-state index contributed by atoms with van der Waals surface area (Å²) < 4.78 is 2.11. The first-order chi connectivity index (χ1) is 9.74. The third-order valence-electron chi connectivity index (χ3n) is 3.78. The number of rotatable bonds is 4. The quantitative estimate of drug-likeness (QED) is 0.927. The number of anilines is 1. The van der Waals surface area contributed by atoms with Gasteiger partial charge in [0.1, 0.15) is 0 Å². The Morgan fingerprint density at radius 1 is 1.25 bits per heavy atom. The number of benzene rings is 1. The Morgan fingerprint density at radius 2 is 2.00 bits per heavy atom. The van der Waals surface area contributed by atoms with E-state index in [1.807, 2.05) is 18.2 Å². The smallest absolute Gasteiger partial charge is 0.223 e. The van der Waals surface area contributed by atoms with Crippen molar-refractivity contribution in [1.29, 1.82) is 0 Å². The molecule has 0 bridgehead atoms. The number of likely N-dealkylation sites (tertiary alicyclic amines) is 1. The van der Waals surface area contributed by atoms with Crippen LogP contribution in [0.4, 0.5) is 5.95 Å². The van der Waals surface area contributed by atoms with Crippen molar-refractivity contribution in [3.05, 3.63) is 24.3 Å². The minimum absolute atomic E-state index is 0.0808. The molecule has 0 saturated carbocycles. The molecule has 1 N–H and O–H groups in total. The number of aromatic nitrogens is 2. The van der Waals surface area contributed by atoms with Gasteiger partial charge in [-0.15, -0.1) is 0 Å². The lowest BCUT2D eigenvalue weighted by molar-refractivity contribution is -0.114. The third-order valence-corrected chi connectivity index (χ3v) is 3.78. The van der Waals surface area contributed by atoms with E-state index in [0.29, 0.717) is 5.95 Å². The average molecular weight is 272 g/mol. The number of para-hydroxylation sites is 2. The van der Waals surface area contributed by atoms with Gasteiger partial charge in [-0.1, -0.05) is 12.1 Å². The van der Waals surface area contributed by atoms with E-state index >= 15 is 0 Å². The number of carbonyl (C=O) groups excluding carboxylic acids is 1. The van der Waals surface area contributed by atoms with Crippen LogP contribution in [0.25, 0.3) is 11.0 Å². The number of amides is 1. The highest BCUT2D eigenvalue weighted by Gasteiger charge is 2.15. The van der Waals surface area contributed by atoms with Gasteiger partial charge in [0, 0.05) is 20.0 Å². The predicted molar refractivity (Wildman–Crippen MR) is 79.7 cm³/mol. The molecular formula is C15H20N4O. The van der Waals surface area contributed by atoms with E-state index in [1.165, 1.54) is 32.9 Å². The first-order valence-electron chi connectivity index (χ1n) is 7.19. The van der Waals surface area contributed by atoms with Gasteiger partial charge in [-0.3, -0.25) is 10.1 Å². The van der Waals surface area contributed by atoms with Crippen molar-refractivity contribution < 1.29 is 4.79 Å². The zero-order valence-corrected chi connectivity index (χ0v) is 11.8. The molecule has 1 fully saturated rings. The Balaban J connectivity index is 1.86. The van der Waals surface area contributed by atoms with Gasteiger partial charge < -0.3 is 9.47 Å². The van der Waals surface area contributed by atoms with E-state index in [-0.39, 0.29) is 5.91 Å². The summed E-state index contributed by atoms with van der Waals surface area (Å²) in [7, 11) is 0. The van der Waals surface area contributed by atoms with Crippen LogP contribution in [-0.2, 0) is 11.3 Å². The normalized spacial score (nSPS) is 15.8. The van der Waals surface area contributed by atoms with Crippen LogP contribution in [-0.4, -0.2) is 40.0 Å². The Labute approximate surface area is 118 Å². The number of hydrogen-bond donors (Lipinski definition) is 1. The topological polar surface area (TPSA) is 50.2 Å². The molecule has 5 heteroatoms. The Bertz CT molecular complexity index is 613. The average Bonchev–Trinajstić information content (AvgIpc) is 3.03. The summed E-state index contributed by atoms with van der Waals surface area (Å²) in [6.45, 7) is 5.75. The number of hydrogen-bond acceptors (Lipinski definition) is 3. The molecule has 2 aromatic rings. The van der Waals surface area contributed by atoms with Crippen LogP contribution in [0.3, 0.4) is 0 Å². The molecule has 20 heavy (non-hydrogen) atoms. The number of nitrogens with zero attached hydrogens (tertiary/aromatic N) is 3. The number of nitrogens with one attached hydrogen (secondary N) is 1. The van der Waals surface area contributed by atoms with Crippen molar-refractivity contribution in [2.45, 2.75) is 26.3 Å². The molecular weight excluding hydrogens is 252 g/mol. The van der Waals surface area contributed by atoms with Crippen LogP contribution in [0.15, 0.2) is 24.3 Å². The minimum Gasteiger partial charge on any atom is -0.309 e. The van der Waals surface area contributed by atoms with Crippen molar-refractivity contribution >= 4 is 22.9 Å². The van der Waals surface area contributed by atoms with Gasteiger partial charge in [0.25, 0.3) is 0 Å². The zero-order valence-electron chi connectivity index (χ0n) is 11.8. The molecule has 106 valence electrons. The van der Waals surface area contributed by atoms with Crippen molar-refractivity contribution in [3.63, 3.8) is 0 Å². The fraction of sp³-hybridized carbons (Fsp3) is 0.467. The van der Waals surface area contributed by atoms with Gasteiger partial charge in [0.2, 0.25) is 11.9 Å². The Kier molecular flexibility index (Phi) is 3.69. The van der Waals surface area contributed by atoms with Crippen LogP contribution in [0, 0.1) is 0 Å². The molecule has 1 amide bonds. The third kappa shape index (κ3) is 2.67. The fourth-order valence-corrected chi connectivity index (χ4v) is 2.80. The van der Waals surface area contributed by atoms with Crippen LogP contribution >= 0.6 is 0 Å². The van der Waals surface area contributed by atoms with Crippen LogP contribution in [0.2, 0.25) is 0 Å². The molecule has 1 aromatic heterocycles. The number of imidazole rings is 1. The van der Waals surface area contributed by atoms with Gasteiger partial charge in [-0.25, -0.2) is 4.98 Å². The van der Waals surface area contributed by atoms with E-state index < -0.39 is 0 Å². The summed E-state index contributed by atoms with van der Waals surface area (Å²) >= 11 is 0. The maximum atomic E-state index is 11.3. The lowest BCUT2D eigenvalue weighted by Crippen LogP contribution is -2.25. The fourth-order valence-electron chi connectivity index (χ4n) is 2.80. The van der Waals surface area contributed by atoms with E-state index in [4.69, 9.17) is 0 Å². The molecule has 0 unspecified atom stereocenters. The number of carbonyl (C=O) groups is 1. The van der Waals surface area contributed by atoms with Crippen LogP contribution in [0.5, 0.6) is 0 Å². The predicted octanol–water partition coefficient (Wildman–Crippen LogP) is 2.09. The van der Waals surface area contributed by atoms with Gasteiger partial charge in [0.05, 0.1) is 11.0 Å². The summed E-state index contributed by atoms with van der Waals surface area (Å²) in [6, 6.07) is 8.01. The second kappa shape index (κ2) is 5.63. The van der Waals surface area contributed by atoms with Gasteiger partial charge in [-0.05, 0) is 38.1 Å². The molecule has 3 rings (SSSR count). The lowest BCUT2D eigenvalue weighted by atomic mass is 10.3. The molecule has 1 saturated heterocycles. The lowest BCUT2D eigenvalue weighted by Gasteiger charge is -2.16. The molecule has 0 spiro atoms. The molecule has 0 radical (unpaired) electrons. The van der Waals surface area contributed by atoms with Gasteiger partial charge in [0.15, 0.2) is 0 Å². The Morgan fingerprint density at radius 3 is 2.75 bits per heavy atom. The molecule has 2 heterocycles. The Hall–Kier alpha value is -1.88. The summed E-state index contributed by atoms with van der Waals surface area (Å²) in [5, 5.41) is 2.83.